The number of ether oxygens (including phenoxy) is 3. The van der Waals surface area contributed by atoms with Crippen LogP contribution >= 0.6 is 0 Å². The number of esters is 1. The normalized spacial score (nSPS) is 15.2. The molecular weight excluding hydrogens is 358 g/mol. The van der Waals surface area contributed by atoms with Crippen LogP contribution in [0.25, 0.3) is 0 Å². The molecule has 28 heavy (non-hydrogen) atoms. The highest BCUT2D eigenvalue weighted by Gasteiger charge is 2.21. The molecule has 0 radical (unpaired) electrons. The third kappa shape index (κ3) is 5.49. The molecule has 0 saturated heterocycles. The zero-order chi connectivity index (χ0) is 19.8. The first kappa shape index (κ1) is 19.7. The number of aryl methyl sites for hydroxylation is 1. The second-order valence-electron chi connectivity index (χ2n) is 6.56. The van der Waals surface area contributed by atoms with E-state index in [1.54, 1.807) is 24.3 Å². The lowest BCUT2D eigenvalue weighted by Crippen LogP contribution is -2.34. The van der Waals surface area contributed by atoms with E-state index in [0.29, 0.717) is 12.4 Å². The van der Waals surface area contributed by atoms with E-state index in [4.69, 9.17) is 14.2 Å². The SMILES string of the molecule is CCOc1ccc(OCC(=O)OCC(=O)N[C@H]2CCCc3ccccc32)cc1. The lowest BCUT2D eigenvalue weighted by atomic mass is 9.88. The van der Waals surface area contributed by atoms with Crippen molar-refractivity contribution < 1.29 is 23.8 Å². The molecule has 148 valence electrons. The van der Waals surface area contributed by atoms with Gasteiger partial charge in [0.25, 0.3) is 5.91 Å². The van der Waals surface area contributed by atoms with E-state index in [1.807, 2.05) is 25.1 Å². The molecule has 1 amide bonds. The predicted octanol–water partition coefficient (Wildman–Crippen LogP) is 3.20. The fourth-order valence-corrected chi connectivity index (χ4v) is 3.27. The highest BCUT2D eigenvalue weighted by molar-refractivity contribution is 5.81. The minimum Gasteiger partial charge on any atom is -0.494 e. The zero-order valence-electron chi connectivity index (χ0n) is 16.0. The molecule has 0 spiro atoms. The van der Waals surface area contributed by atoms with E-state index < -0.39 is 5.97 Å². The summed E-state index contributed by atoms with van der Waals surface area (Å²) in [5, 5.41) is 2.95. The Hall–Kier alpha value is -3.02. The van der Waals surface area contributed by atoms with Crippen LogP contribution in [0.5, 0.6) is 11.5 Å². The summed E-state index contributed by atoms with van der Waals surface area (Å²) in [5.74, 6) is 0.367. The smallest absolute Gasteiger partial charge is 0.344 e. The minimum absolute atomic E-state index is 0.0312. The molecule has 2 aromatic carbocycles. The third-order valence-corrected chi connectivity index (χ3v) is 4.56. The summed E-state index contributed by atoms with van der Waals surface area (Å²) >= 11 is 0. The highest BCUT2D eigenvalue weighted by Crippen LogP contribution is 2.29. The molecule has 0 aliphatic heterocycles. The van der Waals surface area contributed by atoms with Crippen LogP contribution in [0.4, 0.5) is 0 Å². The largest absolute Gasteiger partial charge is 0.494 e. The number of fused-ring (bicyclic) bond motifs is 1. The molecule has 1 N–H and O–H groups in total. The molecule has 0 heterocycles. The van der Waals surface area contributed by atoms with Gasteiger partial charge in [-0.3, -0.25) is 4.79 Å². The summed E-state index contributed by atoms with van der Waals surface area (Å²) in [6, 6.07) is 15.0. The molecule has 0 saturated carbocycles. The van der Waals surface area contributed by atoms with Crippen LogP contribution in [0.15, 0.2) is 48.5 Å². The van der Waals surface area contributed by atoms with Gasteiger partial charge in [-0.15, -0.1) is 0 Å². The molecule has 2 aromatic rings. The van der Waals surface area contributed by atoms with Gasteiger partial charge in [0.05, 0.1) is 12.6 Å². The Balaban J connectivity index is 1.40. The monoisotopic (exact) mass is 383 g/mol. The standard InChI is InChI=1S/C22H25NO5/c1-2-26-17-10-12-18(13-11-17)27-15-22(25)28-14-21(24)23-20-9-5-7-16-6-3-4-8-19(16)20/h3-4,6,8,10-13,20H,2,5,7,9,14-15H2,1H3,(H,23,24)/t20-/m0/s1. The van der Waals surface area contributed by atoms with Crippen LogP contribution in [0.2, 0.25) is 0 Å². The first-order valence-electron chi connectivity index (χ1n) is 9.54. The molecule has 0 aromatic heterocycles. The van der Waals surface area contributed by atoms with Crippen molar-refractivity contribution in [1.29, 1.82) is 0 Å². The van der Waals surface area contributed by atoms with Crippen molar-refractivity contribution in [3.63, 3.8) is 0 Å². The minimum atomic E-state index is -0.590. The van der Waals surface area contributed by atoms with Crippen molar-refractivity contribution in [3.8, 4) is 11.5 Å². The van der Waals surface area contributed by atoms with E-state index in [9.17, 15) is 9.59 Å². The summed E-state index contributed by atoms with van der Waals surface area (Å²) in [6.07, 6.45) is 2.94. The molecule has 6 nitrogen and oxygen atoms in total. The van der Waals surface area contributed by atoms with Crippen LogP contribution in [0, 0.1) is 0 Å². The number of hydrogen-bond donors (Lipinski definition) is 1. The number of rotatable bonds is 8. The van der Waals surface area contributed by atoms with E-state index in [2.05, 4.69) is 11.4 Å². The topological polar surface area (TPSA) is 73.9 Å². The lowest BCUT2D eigenvalue weighted by molar-refractivity contribution is -0.150. The number of amides is 1. The summed E-state index contributed by atoms with van der Waals surface area (Å²) in [7, 11) is 0. The van der Waals surface area contributed by atoms with Crippen molar-refractivity contribution >= 4 is 11.9 Å². The summed E-state index contributed by atoms with van der Waals surface area (Å²) in [6.45, 7) is 1.92. The fourth-order valence-electron chi connectivity index (χ4n) is 3.27. The number of benzene rings is 2. The average molecular weight is 383 g/mol. The summed E-state index contributed by atoms with van der Waals surface area (Å²) in [4.78, 5) is 24.0. The first-order valence-corrected chi connectivity index (χ1v) is 9.54. The summed E-state index contributed by atoms with van der Waals surface area (Å²) < 4.78 is 15.7. The number of nitrogens with one attached hydrogen (secondary N) is 1. The first-order chi connectivity index (χ1) is 13.7. The number of carbonyl (C=O) groups is 2. The van der Waals surface area contributed by atoms with Gasteiger partial charge in [-0.2, -0.15) is 0 Å². The van der Waals surface area contributed by atoms with Crippen molar-refractivity contribution in [2.24, 2.45) is 0 Å². The van der Waals surface area contributed by atoms with E-state index in [1.165, 1.54) is 5.56 Å². The molecule has 1 aliphatic carbocycles. The zero-order valence-corrected chi connectivity index (χ0v) is 16.0. The van der Waals surface area contributed by atoms with Gasteiger partial charge in [-0.05, 0) is 61.6 Å². The Labute approximate surface area is 164 Å². The van der Waals surface area contributed by atoms with Crippen molar-refractivity contribution in [2.75, 3.05) is 19.8 Å². The Morgan fingerprint density at radius 2 is 1.71 bits per heavy atom. The number of carbonyl (C=O) groups excluding carboxylic acids is 2. The molecular formula is C22H25NO5. The molecule has 6 heteroatoms. The quantitative estimate of drug-likeness (QED) is 0.709. The van der Waals surface area contributed by atoms with Crippen molar-refractivity contribution in [3.05, 3.63) is 59.7 Å². The molecule has 1 atom stereocenters. The van der Waals surface area contributed by atoms with Gasteiger partial charge < -0.3 is 19.5 Å². The van der Waals surface area contributed by atoms with Crippen LogP contribution in [-0.2, 0) is 20.7 Å². The second-order valence-corrected chi connectivity index (χ2v) is 6.56. The Morgan fingerprint density at radius 3 is 2.46 bits per heavy atom. The van der Waals surface area contributed by atoms with Gasteiger partial charge in [0.2, 0.25) is 0 Å². The van der Waals surface area contributed by atoms with Gasteiger partial charge in [0.1, 0.15) is 11.5 Å². The summed E-state index contributed by atoms with van der Waals surface area (Å²) in [5.41, 5.74) is 2.41. The maximum atomic E-state index is 12.2. The average Bonchev–Trinajstić information content (AvgIpc) is 2.72. The van der Waals surface area contributed by atoms with Crippen molar-refractivity contribution in [1.82, 2.24) is 5.32 Å². The molecule has 0 bridgehead atoms. The van der Waals surface area contributed by atoms with E-state index in [0.717, 1.165) is 30.6 Å². The van der Waals surface area contributed by atoms with Crippen LogP contribution in [-0.4, -0.2) is 31.7 Å². The van der Waals surface area contributed by atoms with E-state index in [-0.39, 0.29) is 25.2 Å². The van der Waals surface area contributed by atoms with Gasteiger partial charge in [-0.1, -0.05) is 24.3 Å². The van der Waals surface area contributed by atoms with Crippen LogP contribution in [0.1, 0.15) is 36.9 Å². The Bertz CT molecular complexity index is 803. The molecule has 0 unspecified atom stereocenters. The van der Waals surface area contributed by atoms with Gasteiger partial charge in [-0.25, -0.2) is 4.79 Å². The van der Waals surface area contributed by atoms with Crippen LogP contribution in [0.3, 0.4) is 0 Å². The van der Waals surface area contributed by atoms with Gasteiger partial charge in [0.15, 0.2) is 13.2 Å². The highest BCUT2D eigenvalue weighted by atomic mass is 16.6. The van der Waals surface area contributed by atoms with E-state index >= 15 is 0 Å². The Kier molecular flexibility index (Phi) is 6.89. The fraction of sp³-hybridized carbons (Fsp3) is 0.364. The van der Waals surface area contributed by atoms with Crippen molar-refractivity contribution in [2.45, 2.75) is 32.2 Å². The third-order valence-electron chi connectivity index (χ3n) is 4.56. The molecule has 3 rings (SSSR count). The lowest BCUT2D eigenvalue weighted by Gasteiger charge is -2.26. The Morgan fingerprint density at radius 1 is 1.00 bits per heavy atom. The number of hydrogen-bond acceptors (Lipinski definition) is 5. The van der Waals surface area contributed by atoms with Gasteiger partial charge >= 0.3 is 5.97 Å². The predicted molar refractivity (Wildman–Crippen MR) is 104 cm³/mol. The van der Waals surface area contributed by atoms with Crippen LogP contribution < -0.4 is 14.8 Å². The maximum Gasteiger partial charge on any atom is 0.344 e. The second kappa shape index (κ2) is 9.78. The molecule has 1 aliphatic rings. The molecule has 0 fully saturated rings. The maximum absolute atomic E-state index is 12.2. The van der Waals surface area contributed by atoms with Gasteiger partial charge in [0, 0.05) is 0 Å².